The van der Waals surface area contributed by atoms with Crippen molar-refractivity contribution < 1.29 is 19.0 Å². The van der Waals surface area contributed by atoms with Gasteiger partial charge in [-0.2, -0.15) is 0 Å². The van der Waals surface area contributed by atoms with Gasteiger partial charge in [-0.05, 0) is 44.5 Å². The molecule has 0 amide bonds. The lowest BCUT2D eigenvalue weighted by Gasteiger charge is -2.17. The molecule has 0 radical (unpaired) electrons. The molecule has 5 heteroatoms. The lowest BCUT2D eigenvalue weighted by atomic mass is 10.2. The van der Waals surface area contributed by atoms with Gasteiger partial charge in [-0.1, -0.05) is 6.92 Å². The highest BCUT2D eigenvalue weighted by Gasteiger charge is 2.21. The van der Waals surface area contributed by atoms with Crippen LogP contribution in [0.5, 0.6) is 5.75 Å². The van der Waals surface area contributed by atoms with E-state index >= 15 is 0 Å². The first-order valence-electron chi connectivity index (χ1n) is 8.19. The molecule has 126 valence electrons. The standard InChI is InChI=1S/C18H25NO4/c1-4-16(18(20)23-12-11-21-5-2)19-10-9-14-13-15(22-6-3)7-8-17(14)19/h7-10,13,16H,4-6,11-12H2,1-3H3. The van der Waals surface area contributed by atoms with Gasteiger partial charge in [0, 0.05) is 23.7 Å². The molecule has 0 N–H and O–H groups in total. The number of carbonyl (C=O) groups excluding carboxylic acids is 1. The van der Waals surface area contributed by atoms with Crippen LogP contribution in [0.15, 0.2) is 30.5 Å². The average molecular weight is 319 g/mol. The maximum absolute atomic E-state index is 12.3. The quantitative estimate of drug-likeness (QED) is 0.524. The maximum atomic E-state index is 12.3. The molecule has 0 aliphatic carbocycles. The number of fused-ring (bicyclic) bond motifs is 1. The van der Waals surface area contributed by atoms with Gasteiger partial charge in [0.05, 0.1) is 13.2 Å². The number of ether oxygens (including phenoxy) is 3. The summed E-state index contributed by atoms with van der Waals surface area (Å²) in [5.41, 5.74) is 1.00. The number of hydrogen-bond acceptors (Lipinski definition) is 4. The van der Waals surface area contributed by atoms with Gasteiger partial charge in [-0.25, -0.2) is 4.79 Å². The molecule has 5 nitrogen and oxygen atoms in total. The Morgan fingerprint density at radius 2 is 1.96 bits per heavy atom. The first kappa shape index (κ1) is 17.3. The molecule has 23 heavy (non-hydrogen) atoms. The number of rotatable bonds is 9. The summed E-state index contributed by atoms with van der Waals surface area (Å²) < 4.78 is 18.0. The lowest BCUT2D eigenvalue weighted by Crippen LogP contribution is -2.22. The van der Waals surface area contributed by atoms with Gasteiger partial charge in [0.25, 0.3) is 0 Å². The van der Waals surface area contributed by atoms with Crippen LogP contribution in [0.3, 0.4) is 0 Å². The molecule has 2 aromatic rings. The fourth-order valence-electron chi connectivity index (χ4n) is 2.59. The Labute approximate surface area is 137 Å². The van der Waals surface area contributed by atoms with E-state index in [1.54, 1.807) is 0 Å². The van der Waals surface area contributed by atoms with Crippen molar-refractivity contribution in [1.82, 2.24) is 4.57 Å². The molecule has 1 aromatic carbocycles. The second-order valence-corrected chi connectivity index (χ2v) is 5.17. The van der Waals surface area contributed by atoms with Gasteiger partial charge in [0.15, 0.2) is 0 Å². The van der Waals surface area contributed by atoms with E-state index in [4.69, 9.17) is 14.2 Å². The molecule has 1 heterocycles. The second-order valence-electron chi connectivity index (χ2n) is 5.17. The summed E-state index contributed by atoms with van der Waals surface area (Å²) >= 11 is 0. The van der Waals surface area contributed by atoms with Crippen LogP contribution >= 0.6 is 0 Å². The molecule has 0 spiro atoms. The van der Waals surface area contributed by atoms with Crippen molar-refractivity contribution in [1.29, 1.82) is 0 Å². The topological polar surface area (TPSA) is 49.7 Å². The average Bonchev–Trinajstić information content (AvgIpc) is 2.96. The summed E-state index contributed by atoms with van der Waals surface area (Å²) in [5, 5.41) is 1.05. The van der Waals surface area contributed by atoms with Gasteiger partial charge in [0.2, 0.25) is 0 Å². The third-order valence-electron chi connectivity index (χ3n) is 3.67. The predicted molar refractivity (Wildman–Crippen MR) is 89.9 cm³/mol. The predicted octanol–water partition coefficient (Wildman–Crippen LogP) is 3.57. The van der Waals surface area contributed by atoms with Gasteiger partial charge >= 0.3 is 5.97 Å². The van der Waals surface area contributed by atoms with Crippen LogP contribution in [-0.4, -0.2) is 37.0 Å². The zero-order valence-corrected chi connectivity index (χ0v) is 14.1. The SMILES string of the molecule is CCOCCOC(=O)C(CC)n1ccc2cc(OCC)ccc21. The van der Waals surface area contributed by atoms with E-state index in [1.165, 1.54) is 0 Å². The number of aromatic nitrogens is 1. The highest BCUT2D eigenvalue weighted by Crippen LogP contribution is 2.26. The summed E-state index contributed by atoms with van der Waals surface area (Å²) in [6.07, 6.45) is 2.60. The Hall–Kier alpha value is -2.01. The van der Waals surface area contributed by atoms with Crippen LogP contribution in [0.2, 0.25) is 0 Å². The Balaban J connectivity index is 2.14. The molecular weight excluding hydrogens is 294 g/mol. The summed E-state index contributed by atoms with van der Waals surface area (Å²) in [6, 6.07) is 7.56. The van der Waals surface area contributed by atoms with Crippen LogP contribution in [-0.2, 0) is 14.3 Å². The smallest absolute Gasteiger partial charge is 0.329 e. The number of benzene rings is 1. The second kappa shape index (κ2) is 8.58. The summed E-state index contributed by atoms with van der Waals surface area (Å²) in [5.74, 6) is 0.615. The Morgan fingerprint density at radius 1 is 1.13 bits per heavy atom. The molecule has 0 bridgehead atoms. The molecule has 0 fully saturated rings. The maximum Gasteiger partial charge on any atom is 0.329 e. The number of hydrogen-bond donors (Lipinski definition) is 0. The van der Waals surface area contributed by atoms with Crippen molar-refractivity contribution in [3.63, 3.8) is 0 Å². The van der Waals surface area contributed by atoms with E-state index in [0.29, 0.717) is 26.2 Å². The Kier molecular flexibility index (Phi) is 6.47. The van der Waals surface area contributed by atoms with Gasteiger partial charge in [0.1, 0.15) is 18.4 Å². The third-order valence-corrected chi connectivity index (χ3v) is 3.67. The minimum absolute atomic E-state index is 0.224. The van der Waals surface area contributed by atoms with Crippen LogP contribution in [0.1, 0.15) is 33.2 Å². The first-order chi connectivity index (χ1) is 11.2. The zero-order chi connectivity index (χ0) is 16.7. The summed E-state index contributed by atoms with van der Waals surface area (Å²) in [4.78, 5) is 12.3. The monoisotopic (exact) mass is 319 g/mol. The molecule has 2 rings (SSSR count). The molecule has 0 aliphatic heterocycles. The van der Waals surface area contributed by atoms with E-state index in [2.05, 4.69) is 0 Å². The van der Waals surface area contributed by atoms with Crippen LogP contribution in [0.25, 0.3) is 10.9 Å². The van der Waals surface area contributed by atoms with Gasteiger partial charge in [-0.3, -0.25) is 0 Å². The van der Waals surface area contributed by atoms with Crippen molar-refractivity contribution in [2.45, 2.75) is 33.2 Å². The molecule has 0 saturated carbocycles. The van der Waals surface area contributed by atoms with Crippen LogP contribution in [0.4, 0.5) is 0 Å². The lowest BCUT2D eigenvalue weighted by molar-refractivity contribution is -0.149. The Morgan fingerprint density at radius 3 is 2.65 bits per heavy atom. The van der Waals surface area contributed by atoms with Crippen molar-refractivity contribution in [3.05, 3.63) is 30.5 Å². The number of esters is 1. The van der Waals surface area contributed by atoms with Crippen LogP contribution in [0, 0.1) is 0 Å². The van der Waals surface area contributed by atoms with Gasteiger partial charge < -0.3 is 18.8 Å². The normalized spacial score (nSPS) is 12.3. The number of carbonyl (C=O) groups is 1. The first-order valence-corrected chi connectivity index (χ1v) is 8.19. The van der Waals surface area contributed by atoms with E-state index in [-0.39, 0.29) is 18.6 Å². The summed E-state index contributed by atoms with van der Waals surface area (Å²) in [7, 11) is 0. The number of nitrogens with zero attached hydrogens (tertiary/aromatic N) is 1. The summed E-state index contributed by atoms with van der Waals surface area (Å²) in [6.45, 7) is 7.84. The van der Waals surface area contributed by atoms with Crippen molar-refractivity contribution in [2.75, 3.05) is 26.4 Å². The van der Waals surface area contributed by atoms with Crippen molar-refractivity contribution >= 4 is 16.9 Å². The van der Waals surface area contributed by atoms with Crippen molar-refractivity contribution in [2.24, 2.45) is 0 Å². The Bertz CT molecular complexity index is 635. The molecule has 1 unspecified atom stereocenters. The largest absolute Gasteiger partial charge is 0.494 e. The fraction of sp³-hybridized carbons (Fsp3) is 0.500. The molecular formula is C18H25NO4. The highest BCUT2D eigenvalue weighted by molar-refractivity contribution is 5.84. The molecule has 1 aromatic heterocycles. The van der Waals surface area contributed by atoms with Crippen molar-refractivity contribution in [3.8, 4) is 5.75 Å². The van der Waals surface area contributed by atoms with E-state index in [9.17, 15) is 4.79 Å². The van der Waals surface area contributed by atoms with Crippen LogP contribution < -0.4 is 4.74 Å². The van der Waals surface area contributed by atoms with E-state index in [0.717, 1.165) is 16.7 Å². The van der Waals surface area contributed by atoms with Gasteiger partial charge in [-0.15, -0.1) is 0 Å². The zero-order valence-electron chi connectivity index (χ0n) is 14.1. The molecule has 1 atom stereocenters. The minimum Gasteiger partial charge on any atom is -0.494 e. The molecule has 0 aliphatic rings. The molecule has 0 saturated heterocycles. The fourth-order valence-corrected chi connectivity index (χ4v) is 2.59. The highest BCUT2D eigenvalue weighted by atomic mass is 16.6. The minimum atomic E-state index is -0.327. The third kappa shape index (κ3) is 4.26. The van der Waals surface area contributed by atoms with E-state index in [1.807, 2.05) is 55.8 Å². The van der Waals surface area contributed by atoms with E-state index < -0.39 is 0 Å².